The molecule has 1 saturated heterocycles. The summed E-state index contributed by atoms with van der Waals surface area (Å²) < 4.78 is 5.65. The molecule has 21 heavy (non-hydrogen) atoms. The molecule has 1 fully saturated rings. The number of nitrogens with two attached hydrogens (primary N) is 1. The van der Waals surface area contributed by atoms with E-state index in [9.17, 15) is 4.79 Å². The Kier molecular flexibility index (Phi) is 5.08. The number of anilines is 2. The maximum absolute atomic E-state index is 12.0. The first-order chi connectivity index (χ1) is 9.85. The summed E-state index contributed by atoms with van der Waals surface area (Å²) in [4.78, 5) is 14.3. The second-order valence-corrected chi connectivity index (χ2v) is 6.35. The van der Waals surface area contributed by atoms with Crippen molar-refractivity contribution in [2.24, 2.45) is 0 Å². The summed E-state index contributed by atoms with van der Waals surface area (Å²) in [5.41, 5.74) is 6.74. The van der Waals surface area contributed by atoms with Crippen LogP contribution >= 0.6 is 11.6 Å². The highest BCUT2D eigenvalue weighted by molar-refractivity contribution is 6.31. The number of nitrogens with zero attached hydrogens (tertiary/aromatic N) is 1. The molecule has 0 aromatic heterocycles. The lowest BCUT2D eigenvalue weighted by atomic mass is 10.1. The van der Waals surface area contributed by atoms with Gasteiger partial charge in [-0.25, -0.2) is 0 Å². The smallest absolute Gasteiger partial charge is 0.225 e. The minimum atomic E-state index is -0.147. The lowest BCUT2D eigenvalue weighted by Crippen LogP contribution is -2.48. The van der Waals surface area contributed by atoms with E-state index in [1.807, 2.05) is 0 Å². The lowest BCUT2D eigenvalue weighted by molar-refractivity contribution is -0.118. The Morgan fingerprint density at radius 3 is 3.00 bits per heavy atom. The number of morpholine rings is 1. The summed E-state index contributed by atoms with van der Waals surface area (Å²) in [6, 6.07) is 5.04. The number of benzene rings is 1. The van der Waals surface area contributed by atoms with Crippen LogP contribution in [-0.4, -0.2) is 42.6 Å². The van der Waals surface area contributed by atoms with Gasteiger partial charge in [-0.1, -0.05) is 11.6 Å². The van der Waals surface area contributed by atoms with Crippen molar-refractivity contribution >= 4 is 28.9 Å². The Labute approximate surface area is 130 Å². The van der Waals surface area contributed by atoms with Crippen LogP contribution in [0.3, 0.4) is 0 Å². The first-order valence-electron chi connectivity index (χ1n) is 7.07. The van der Waals surface area contributed by atoms with Crippen LogP contribution in [0.4, 0.5) is 11.4 Å². The molecule has 1 heterocycles. The van der Waals surface area contributed by atoms with Crippen molar-refractivity contribution in [1.29, 1.82) is 0 Å². The summed E-state index contributed by atoms with van der Waals surface area (Å²) in [5, 5.41) is 3.36. The van der Waals surface area contributed by atoms with E-state index in [2.05, 4.69) is 24.1 Å². The van der Waals surface area contributed by atoms with Gasteiger partial charge >= 0.3 is 0 Å². The molecule has 0 radical (unpaired) electrons. The monoisotopic (exact) mass is 311 g/mol. The third kappa shape index (κ3) is 4.88. The van der Waals surface area contributed by atoms with Crippen LogP contribution in [0, 0.1) is 0 Å². The van der Waals surface area contributed by atoms with Crippen LogP contribution in [0.2, 0.25) is 5.02 Å². The van der Waals surface area contributed by atoms with Gasteiger partial charge in [-0.3, -0.25) is 9.69 Å². The molecule has 1 amide bonds. The van der Waals surface area contributed by atoms with E-state index in [-0.39, 0.29) is 11.5 Å². The van der Waals surface area contributed by atoms with Gasteiger partial charge in [-0.15, -0.1) is 0 Å². The predicted molar refractivity (Wildman–Crippen MR) is 85.6 cm³/mol. The fourth-order valence-electron chi connectivity index (χ4n) is 2.41. The predicted octanol–water partition coefficient (Wildman–Crippen LogP) is 2.36. The molecule has 1 aromatic rings. The molecular formula is C15H22ClN3O2. The van der Waals surface area contributed by atoms with Crippen molar-refractivity contribution in [2.75, 3.05) is 37.3 Å². The van der Waals surface area contributed by atoms with Gasteiger partial charge in [0.05, 0.1) is 23.6 Å². The number of nitrogen functional groups attached to an aromatic ring is 1. The number of hydrogen-bond donors (Lipinski definition) is 2. The van der Waals surface area contributed by atoms with Crippen molar-refractivity contribution in [2.45, 2.75) is 25.9 Å². The largest absolute Gasteiger partial charge is 0.397 e. The van der Waals surface area contributed by atoms with Crippen LogP contribution < -0.4 is 11.1 Å². The molecule has 1 aliphatic heterocycles. The van der Waals surface area contributed by atoms with Crippen molar-refractivity contribution in [3.63, 3.8) is 0 Å². The Hall–Kier alpha value is -1.30. The zero-order valence-electron chi connectivity index (χ0n) is 12.5. The molecule has 1 aromatic carbocycles. The van der Waals surface area contributed by atoms with E-state index in [1.165, 1.54) is 0 Å². The minimum Gasteiger partial charge on any atom is -0.397 e. The van der Waals surface area contributed by atoms with E-state index in [4.69, 9.17) is 22.1 Å². The van der Waals surface area contributed by atoms with Crippen molar-refractivity contribution < 1.29 is 9.53 Å². The summed E-state index contributed by atoms with van der Waals surface area (Å²) in [6.07, 6.45) is 0.419. The fraction of sp³-hybridized carbons (Fsp3) is 0.533. The van der Waals surface area contributed by atoms with Crippen LogP contribution in [0.5, 0.6) is 0 Å². The van der Waals surface area contributed by atoms with Crippen LogP contribution in [0.1, 0.15) is 20.3 Å². The summed E-state index contributed by atoms with van der Waals surface area (Å²) in [5.74, 6) is -0.0618. The molecule has 0 spiro atoms. The summed E-state index contributed by atoms with van der Waals surface area (Å²) in [7, 11) is 0. The third-order valence-electron chi connectivity index (χ3n) is 3.45. The number of carbonyl (C=O) groups is 1. The van der Waals surface area contributed by atoms with Crippen molar-refractivity contribution in [1.82, 2.24) is 4.90 Å². The molecule has 1 aliphatic rings. The zero-order chi connectivity index (χ0) is 15.5. The standard InChI is InChI=1S/C15H22ClN3O2/c1-15(2)10-19(7-8-21-15)6-5-14(20)18-13-9-11(16)3-4-12(13)17/h3-4,9H,5-8,10,17H2,1-2H3,(H,18,20). The van der Waals surface area contributed by atoms with Gasteiger partial charge in [0.2, 0.25) is 5.91 Å². The highest BCUT2D eigenvalue weighted by Gasteiger charge is 2.27. The molecule has 0 aliphatic carbocycles. The van der Waals surface area contributed by atoms with Gasteiger partial charge in [0, 0.05) is 31.1 Å². The molecule has 0 unspecified atom stereocenters. The Balaban J connectivity index is 1.83. The number of halogens is 1. The first-order valence-corrected chi connectivity index (χ1v) is 7.45. The molecular weight excluding hydrogens is 290 g/mol. The third-order valence-corrected chi connectivity index (χ3v) is 3.68. The Bertz CT molecular complexity index is 520. The number of rotatable bonds is 4. The molecule has 0 bridgehead atoms. The highest BCUT2D eigenvalue weighted by atomic mass is 35.5. The van der Waals surface area contributed by atoms with E-state index >= 15 is 0 Å². The van der Waals surface area contributed by atoms with E-state index in [0.29, 0.717) is 36.0 Å². The van der Waals surface area contributed by atoms with Crippen LogP contribution in [0.15, 0.2) is 18.2 Å². The molecule has 3 N–H and O–H groups in total. The maximum atomic E-state index is 12.0. The van der Waals surface area contributed by atoms with E-state index < -0.39 is 0 Å². The van der Waals surface area contributed by atoms with Gasteiger partial charge < -0.3 is 15.8 Å². The SMILES string of the molecule is CC1(C)CN(CCC(=O)Nc2cc(Cl)ccc2N)CCO1. The minimum absolute atomic E-state index is 0.0618. The topological polar surface area (TPSA) is 67.6 Å². The summed E-state index contributed by atoms with van der Waals surface area (Å²) >= 11 is 5.90. The Morgan fingerprint density at radius 2 is 2.29 bits per heavy atom. The van der Waals surface area contributed by atoms with E-state index in [1.54, 1.807) is 18.2 Å². The number of amides is 1. The zero-order valence-corrected chi connectivity index (χ0v) is 13.2. The van der Waals surface area contributed by atoms with Gasteiger partial charge in [0.1, 0.15) is 0 Å². The highest BCUT2D eigenvalue weighted by Crippen LogP contribution is 2.23. The van der Waals surface area contributed by atoms with Gasteiger partial charge in [0.15, 0.2) is 0 Å². The fourth-order valence-corrected chi connectivity index (χ4v) is 2.59. The lowest BCUT2D eigenvalue weighted by Gasteiger charge is -2.38. The summed E-state index contributed by atoms with van der Waals surface area (Å²) in [6.45, 7) is 7.22. The number of hydrogen-bond acceptors (Lipinski definition) is 4. The van der Waals surface area contributed by atoms with Gasteiger partial charge in [-0.2, -0.15) is 0 Å². The average Bonchev–Trinajstić information content (AvgIpc) is 2.40. The first kappa shape index (κ1) is 16.1. The molecule has 6 heteroatoms. The second-order valence-electron chi connectivity index (χ2n) is 5.91. The average molecular weight is 312 g/mol. The quantitative estimate of drug-likeness (QED) is 0.838. The van der Waals surface area contributed by atoms with Gasteiger partial charge in [0.25, 0.3) is 0 Å². The normalized spacial score (nSPS) is 18.4. The van der Waals surface area contributed by atoms with Crippen molar-refractivity contribution in [3.05, 3.63) is 23.2 Å². The Morgan fingerprint density at radius 1 is 1.52 bits per heavy atom. The molecule has 5 nitrogen and oxygen atoms in total. The van der Waals surface area contributed by atoms with E-state index in [0.717, 1.165) is 13.1 Å². The van der Waals surface area contributed by atoms with Crippen LogP contribution in [-0.2, 0) is 9.53 Å². The van der Waals surface area contributed by atoms with Crippen molar-refractivity contribution in [3.8, 4) is 0 Å². The maximum Gasteiger partial charge on any atom is 0.225 e. The molecule has 2 rings (SSSR count). The van der Waals surface area contributed by atoms with Gasteiger partial charge in [-0.05, 0) is 32.0 Å². The number of ether oxygens (including phenoxy) is 1. The molecule has 116 valence electrons. The number of carbonyl (C=O) groups excluding carboxylic acids is 1. The molecule has 0 saturated carbocycles. The van der Waals surface area contributed by atoms with Crippen LogP contribution in [0.25, 0.3) is 0 Å². The second kappa shape index (κ2) is 6.64. The molecule has 0 atom stereocenters. The number of nitrogens with one attached hydrogen (secondary N) is 1.